The van der Waals surface area contributed by atoms with Crippen LogP contribution >= 0.6 is 0 Å². The van der Waals surface area contributed by atoms with Gasteiger partial charge in [-0.1, -0.05) is 66.7 Å². The molecular formula is C22H17NO3. The summed E-state index contributed by atoms with van der Waals surface area (Å²) in [5.41, 5.74) is 3.98. The van der Waals surface area contributed by atoms with Gasteiger partial charge in [0.1, 0.15) is 0 Å². The minimum atomic E-state index is -0.832. The van der Waals surface area contributed by atoms with Gasteiger partial charge in [-0.2, -0.15) is 0 Å². The van der Waals surface area contributed by atoms with Crippen LogP contribution in [-0.4, -0.2) is 18.0 Å². The molecule has 3 aromatic carbocycles. The molecule has 0 aromatic heterocycles. The van der Waals surface area contributed by atoms with E-state index in [1.54, 1.807) is 12.1 Å². The summed E-state index contributed by atoms with van der Waals surface area (Å²) in [6.07, 6.45) is -0.456. The number of carbonyl (C=O) groups is 2. The zero-order chi connectivity index (χ0) is 17.9. The van der Waals surface area contributed by atoms with Gasteiger partial charge in [-0.05, 0) is 23.3 Å². The first-order valence-corrected chi connectivity index (χ1v) is 8.46. The van der Waals surface area contributed by atoms with Crippen LogP contribution in [0, 0.1) is 0 Å². The number of fused-ring (bicyclic) bond motifs is 1. The van der Waals surface area contributed by atoms with Crippen molar-refractivity contribution in [3.05, 3.63) is 90.0 Å². The number of cyclic esters (lactones) is 1. The van der Waals surface area contributed by atoms with Gasteiger partial charge in [-0.3, -0.25) is 4.79 Å². The van der Waals surface area contributed by atoms with Crippen LogP contribution in [0.3, 0.4) is 0 Å². The molecule has 0 unspecified atom stereocenters. The van der Waals surface area contributed by atoms with Gasteiger partial charge in [0.15, 0.2) is 6.10 Å². The van der Waals surface area contributed by atoms with Crippen molar-refractivity contribution in [2.75, 3.05) is 5.32 Å². The van der Waals surface area contributed by atoms with E-state index in [2.05, 4.69) is 5.32 Å². The molecule has 0 fully saturated rings. The Balaban J connectivity index is 1.58. The Hall–Kier alpha value is -3.40. The maximum absolute atomic E-state index is 12.7. The predicted octanol–water partition coefficient (Wildman–Crippen LogP) is 4.07. The number of benzene rings is 3. The molecule has 1 aliphatic rings. The van der Waals surface area contributed by atoms with Crippen molar-refractivity contribution in [2.45, 2.75) is 12.5 Å². The Morgan fingerprint density at radius 2 is 1.50 bits per heavy atom. The average molecular weight is 343 g/mol. The molecule has 0 saturated heterocycles. The molecule has 128 valence electrons. The van der Waals surface area contributed by atoms with Crippen molar-refractivity contribution >= 4 is 17.6 Å². The van der Waals surface area contributed by atoms with Crippen molar-refractivity contribution in [3.63, 3.8) is 0 Å². The fourth-order valence-electron chi connectivity index (χ4n) is 3.15. The third-order valence-electron chi connectivity index (χ3n) is 4.45. The summed E-state index contributed by atoms with van der Waals surface area (Å²) in [6.45, 7) is 0. The first-order chi connectivity index (χ1) is 12.7. The molecule has 0 aliphatic carbocycles. The first-order valence-electron chi connectivity index (χ1n) is 8.46. The molecule has 0 bridgehead atoms. The molecule has 4 nitrogen and oxygen atoms in total. The fourth-order valence-corrected chi connectivity index (χ4v) is 3.15. The number of esters is 1. The summed E-state index contributed by atoms with van der Waals surface area (Å²) in [5, 5.41) is 2.91. The number of anilines is 1. The molecular weight excluding hydrogens is 326 g/mol. The van der Waals surface area contributed by atoms with Crippen LogP contribution in [0.4, 0.5) is 5.69 Å². The molecule has 4 rings (SSSR count). The third kappa shape index (κ3) is 3.09. The summed E-state index contributed by atoms with van der Waals surface area (Å²) < 4.78 is 5.34. The normalized spacial score (nSPS) is 15.7. The summed E-state index contributed by atoms with van der Waals surface area (Å²) in [7, 11) is 0. The van der Waals surface area contributed by atoms with Crippen LogP contribution in [0.15, 0.2) is 78.9 Å². The van der Waals surface area contributed by atoms with Crippen molar-refractivity contribution < 1.29 is 14.3 Å². The van der Waals surface area contributed by atoms with Crippen molar-refractivity contribution in [1.29, 1.82) is 0 Å². The Labute approximate surface area is 151 Å². The molecule has 3 aromatic rings. The van der Waals surface area contributed by atoms with Crippen LogP contribution in [0.5, 0.6) is 0 Å². The quantitative estimate of drug-likeness (QED) is 0.729. The molecule has 0 radical (unpaired) electrons. The molecule has 4 heteroatoms. The van der Waals surface area contributed by atoms with Gasteiger partial charge < -0.3 is 10.1 Å². The van der Waals surface area contributed by atoms with E-state index in [4.69, 9.17) is 4.74 Å². The summed E-state index contributed by atoms with van der Waals surface area (Å²) in [4.78, 5) is 24.9. The molecule has 26 heavy (non-hydrogen) atoms. The van der Waals surface area contributed by atoms with Crippen LogP contribution in [0.1, 0.15) is 15.9 Å². The van der Waals surface area contributed by atoms with Crippen LogP contribution in [0.2, 0.25) is 0 Å². The lowest BCUT2D eigenvalue weighted by Crippen LogP contribution is -2.38. The lowest BCUT2D eigenvalue weighted by molar-refractivity contribution is -0.125. The summed E-state index contributed by atoms with van der Waals surface area (Å²) in [6, 6.07) is 24.6. The average Bonchev–Trinajstić information content (AvgIpc) is 2.69. The van der Waals surface area contributed by atoms with E-state index in [1.807, 2.05) is 66.7 Å². The lowest BCUT2D eigenvalue weighted by atomic mass is 9.98. The largest absolute Gasteiger partial charge is 0.448 e. The van der Waals surface area contributed by atoms with E-state index in [0.29, 0.717) is 17.7 Å². The predicted molar refractivity (Wildman–Crippen MR) is 99.9 cm³/mol. The van der Waals surface area contributed by atoms with Gasteiger partial charge in [0, 0.05) is 17.7 Å². The highest BCUT2D eigenvalue weighted by atomic mass is 16.5. The molecule has 1 atom stereocenters. The minimum Gasteiger partial charge on any atom is -0.448 e. The second kappa shape index (κ2) is 6.84. The maximum atomic E-state index is 12.7. The maximum Gasteiger partial charge on any atom is 0.339 e. The highest BCUT2D eigenvalue weighted by Crippen LogP contribution is 2.28. The van der Waals surface area contributed by atoms with E-state index in [-0.39, 0.29) is 5.91 Å². The SMILES string of the molecule is O=C1O[C@@H](C(=O)Nc2ccccc2-c2ccccc2)Cc2ccccc21. The molecule has 0 saturated carbocycles. The van der Waals surface area contributed by atoms with Gasteiger partial charge in [0.05, 0.1) is 5.56 Å². The minimum absolute atomic E-state index is 0.323. The standard InChI is InChI=1S/C22H17NO3/c24-21(20-14-16-10-4-5-12-18(16)22(25)26-20)23-19-13-7-6-11-17(19)15-8-2-1-3-9-15/h1-13,20H,14H2,(H,23,24)/t20-/m1/s1. The van der Waals surface area contributed by atoms with E-state index < -0.39 is 12.1 Å². The van der Waals surface area contributed by atoms with Crippen molar-refractivity contribution in [3.8, 4) is 11.1 Å². The van der Waals surface area contributed by atoms with Gasteiger partial charge in [-0.25, -0.2) is 4.79 Å². The number of amides is 1. The van der Waals surface area contributed by atoms with Gasteiger partial charge in [0.25, 0.3) is 5.91 Å². The van der Waals surface area contributed by atoms with Crippen molar-refractivity contribution in [1.82, 2.24) is 0 Å². The Bertz CT molecular complexity index is 966. The van der Waals surface area contributed by atoms with Gasteiger partial charge in [-0.15, -0.1) is 0 Å². The Morgan fingerprint density at radius 3 is 2.31 bits per heavy atom. The van der Waals surface area contributed by atoms with E-state index in [9.17, 15) is 9.59 Å². The molecule has 1 amide bonds. The Kier molecular flexibility index (Phi) is 4.23. The van der Waals surface area contributed by atoms with Crippen LogP contribution in [0.25, 0.3) is 11.1 Å². The Morgan fingerprint density at radius 1 is 0.846 bits per heavy atom. The fraction of sp³-hybridized carbons (Fsp3) is 0.0909. The molecule has 1 aliphatic heterocycles. The first kappa shape index (κ1) is 16.1. The summed E-state index contributed by atoms with van der Waals surface area (Å²) in [5.74, 6) is -0.778. The van der Waals surface area contributed by atoms with Gasteiger partial charge >= 0.3 is 5.97 Å². The number of ether oxygens (including phenoxy) is 1. The number of hydrogen-bond donors (Lipinski definition) is 1. The number of para-hydroxylation sites is 1. The molecule has 1 N–H and O–H groups in total. The van der Waals surface area contributed by atoms with E-state index in [1.165, 1.54) is 0 Å². The van der Waals surface area contributed by atoms with E-state index >= 15 is 0 Å². The number of carbonyl (C=O) groups excluding carboxylic acids is 2. The highest BCUT2D eigenvalue weighted by Gasteiger charge is 2.31. The monoisotopic (exact) mass is 343 g/mol. The summed E-state index contributed by atoms with van der Waals surface area (Å²) >= 11 is 0. The van der Waals surface area contributed by atoms with Crippen molar-refractivity contribution in [2.24, 2.45) is 0 Å². The van der Waals surface area contributed by atoms with E-state index in [0.717, 1.165) is 16.7 Å². The zero-order valence-electron chi connectivity index (χ0n) is 14.0. The topological polar surface area (TPSA) is 55.4 Å². The van der Waals surface area contributed by atoms with Crippen LogP contribution in [-0.2, 0) is 16.0 Å². The van der Waals surface area contributed by atoms with Gasteiger partial charge in [0.2, 0.25) is 0 Å². The second-order valence-corrected chi connectivity index (χ2v) is 6.16. The lowest BCUT2D eigenvalue weighted by Gasteiger charge is -2.24. The van der Waals surface area contributed by atoms with Crippen LogP contribution < -0.4 is 5.32 Å². The number of nitrogens with one attached hydrogen (secondary N) is 1. The highest BCUT2D eigenvalue weighted by molar-refractivity contribution is 6.01. The number of rotatable bonds is 3. The molecule has 1 heterocycles. The second-order valence-electron chi connectivity index (χ2n) is 6.16. The zero-order valence-corrected chi connectivity index (χ0v) is 14.0. The number of hydrogen-bond acceptors (Lipinski definition) is 3. The molecule has 0 spiro atoms. The smallest absolute Gasteiger partial charge is 0.339 e. The third-order valence-corrected chi connectivity index (χ3v) is 4.45.